The minimum absolute atomic E-state index is 0.714. The van der Waals surface area contributed by atoms with Crippen molar-refractivity contribution < 1.29 is 0 Å². The topological polar surface area (TPSA) is 41.0 Å². The molecule has 0 saturated carbocycles. The second-order valence-electron chi connectivity index (χ2n) is 6.07. The number of nitrogens with zero attached hydrogens (tertiary/aromatic N) is 3. The highest BCUT2D eigenvalue weighted by Crippen LogP contribution is 2.17. The number of aromatic nitrogens is 2. The van der Waals surface area contributed by atoms with Crippen LogP contribution in [0.2, 0.25) is 0 Å². The number of rotatable bonds is 6. The summed E-state index contributed by atoms with van der Waals surface area (Å²) in [6.07, 6.45) is 4.18. The van der Waals surface area contributed by atoms with Crippen LogP contribution in [0.15, 0.2) is 42.6 Å². The Hall–Kier alpha value is -1.94. The molecular weight excluding hydrogens is 272 g/mol. The number of likely N-dealkylation sites (tertiary alicyclic amines) is 1. The zero-order chi connectivity index (χ0) is 15.2. The largest absolute Gasteiger partial charge is 0.370 e. The van der Waals surface area contributed by atoms with Crippen molar-refractivity contribution >= 4 is 5.82 Å². The van der Waals surface area contributed by atoms with Crippen molar-refractivity contribution in [2.45, 2.75) is 19.8 Å². The summed E-state index contributed by atoms with van der Waals surface area (Å²) in [5, 5.41) is 3.47. The van der Waals surface area contributed by atoms with Crippen LogP contribution < -0.4 is 5.32 Å². The fourth-order valence-electron chi connectivity index (χ4n) is 2.99. The van der Waals surface area contributed by atoms with Gasteiger partial charge in [-0.3, -0.25) is 4.98 Å². The SMILES string of the molecule is Cc1cccc(NCC2CCN(CCc3ccccn3)C2)n1. The summed E-state index contributed by atoms with van der Waals surface area (Å²) in [6, 6.07) is 12.3. The Bertz CT molecular complexity index is 585. The summed E-state index contributed by atoms with van der Waals surface area (Å²) in [5.74, 6) is 1.71. The van der Waals surface area contributed by atoms with Gasteiger partial charge in [0.25, 0.3) is 0 Å². The van der Waals surface area contributed by atoms with Gasteiger partial charge in [-0.2, -0.15) is 0 Å². The zero-order valence-corrected chi connectivity index (χ0v) is 13.2. The number of aryl methyl sites for hydroxylation is 1. The summed E-state index contributed by atoms with van der Waals surface area (Å²) in [5.41, 5.74) is 2.25. The summed E-state index contributed by atoms with van der Waals surface area (Å²) in [4.78, 5) is 11.4. The van der Waals surface area contributed by atoms with Gasteiger partial charge in [0.05, 0.1) is 0 Å². The molecule has 2 aromatic rings. The predicted octanol–water partition coefficient (Wildman–Crippen LogP) is 2.76. The van der Waals surface area contributed by atoms with Gasteiger partial charge in [-0.05, 0) is 50.1 Å². The number of anilines is 1. The minimum Gasteiger partial charge on any atom is -0.370 e. The maximum Gasteiger partial charge on any atom is 0.126 e. The number of hydrogen-bond acceptors (Lipinski definition) is 4. The molecule has 0 amide bonds. The molecule has 1 aliphatic heterocycles. The van der Waals surface area contributed by atoms with E-state index in [0.717, 1.165) is 31.0 Å². The zero-order valence-electron chi connectivity index (χ0n) is 13.2. The van der Waals surface area contributed by atoms with E-state index >= 15 is 0 Å². The summed E-state index contributed by atoms with van der Waals surface area (Å²) >= 11 is 0. The van der Waals surface area contributed by atoms with Crippen molar-refractivity contribution in [1.82, 2.24) is 14.9 Å². The molecule has 1 saturated heterocycles. The lowest BCUT2D eigenvalue weighted by Crippen LogP contribution is -2.25. The Labute approximate surface area is 132 Å². The van der Waals surface area contributed by atoms with Crippen LogP contribution in [0.1, 0.15) is 17.8 Å². The molecule has 1 N–H and O–H groups in total. The number of hydrogen-bond donors (Lipinski definition) is 1. The third kappa shape index (κ3) is 4.28. The van der Waals surface area contributed by atoms with Gasteiger partial charge in [-0.1, -0.05) is 12.1 Å². The fourth-order valence-corrected chi connectivity index (χ4v) is 2.99. The van der Waals surface area contributed by atoms with Crippen molar-refractivity contribution in [3.05, 3.63) is 54.0 Å². The van der Waals surface area contributed by atoms with Crippen molar-refractivity contribution in [2.24, 2.45) is 5.92 Å². The highest BCUT2D eigenvalue weighted by Gasteiger charge is 2.21. The first-order valence-corrected chi connectivity index (χ1v) is 8.09. The van der Waals surface area contributed by atoms with E-state index in [1.54, 1.807) is 0 Å². The minimum atomic E-state index is 0.714. The van der Waals surface area contributed by atoms with Crippen LogP contribution in [-0.4, -0.2) is 41.0 Å². The standard InChI is InChI=1S/C18H24N4/c1-15-5-4-7-18(21-15)20-13-16-8-11-22(14-16)12-9-17-6-2-3-10-19-17/h2-7,10,16H,8-9,11-14H2,1H3,(H,20,21). The van der Waals surface area contributed by atoms with Crippen molar-refractivity contribution in [3.8, 4) is 0 Å². The van der Waals surface area contributed by atoms with E-state index in [9.17, 15) is 0 Å². The Kier molecular flexibility index (Phi) is 5.01. The molecule has 1 fully saturated rings. The fraction of sp³-hybridized carbons (Fsp3) is 0.444. The number of nitrogens with one attached hydrogen (secondary N) is 1. The predicted molar refractivity (Wildman–Crippen MR) is 90.0 cm³/mol. The molecular formula is C18H24N4. The molecule has 3 rings (SSSR count). The van der Waals surface area contributed by atoms with E-state index in [1.807, 2.05) is 31.3 Å². The lowest BCUT2D eigenvalue weighted by atomic mass is 10.1. The summed E-state index contributed by atoms with van der Waals surface area (Å²) < 4.78 is 0. The van der Waals surface area contributed by atoms with Crippen LogP contribution in [0.4, 0.5) is 5.82 Å². The molecule has 22 heavy (non-hydrogen) atoms. The molecule has 1 aliphatic rings. The molecule has 0 aromatic carbocycles. The number of pyridine rings is 2. The van der Waals surface area contributed by atoms with E-state index in [-0.39, 0.29) is 0 Å². The molecule has 116 valence electrons. The van der Waals surface area contributed by atoms with E-state index in [4.69, 9.17) is 0 Å². The van der Waals surface area contributed by atoms with Crippen LogP contribution in [0.5, 0.6) is 0 Å². The molecule has 4 nitrogen and oxygen atoms in total. The first-order valence-electron chi connectivity index (χ1n) is 8.09. The van der Waals surface area contributed by atoms with E-state index < -0.39 is 0 Å². The van der Waals surface area contributed by atoms with Gasteiger partial charge in [-0.15, -0.1) is 0 Å². The molecule has 3 heterocycles. The molecule has 1 unspecified atom stereocenters. The van der Waals surface area contributed by atoms with Crippen molar-refractivity contribution in [1.29, 1.82) is 0 Å². The molecule has 0 radical (unpaired) electrons. The van der Waals surface area contributed by atoms with Crippen molar-refractivity contribution in [2.75, 3.05) is 31.5 Å². The maximum atomic E-state index is 4.50. The summed E-state index contributed by atoms with van der Waals surface area (Å²) in [6.45, 7) is 6.51. The highest BCUT2D eigenvalue weighted by molar-refractivity contribution is 5.35. The van der Waals surface area contributed by atoms with Crippen LogP contribution in [0, 0.1) is 12.8 Å². The normalized spacial score (nSPS) is 18.5. The highest BCUT2D eigenvalue weighted by atomic mass is 15.1. The second kappa shape index (κ2) is 7.36. The molecule has 0 aliphatic carbocycles. The molecule has 0 spiro atoms. The maximum absolute atomic E-state index is 4.50. The quantitative estimate of drug-likeness (QED) is 0.890. The van der Waals surface area contributed by atoms with Gasteiger partial charge in [0.15, 0.2) is 0 Å². The lowest BCUT2D eigenvalue weighted by molar-refractivity contribution is 0.329. The molecule has 4 heteroatoms. The smallest absolute Gasteiger partial charge is 0.126 e. The monoisotopic (exact) mass is 296 g/mol. The first kappa shape index (κ1) is 15.0. The van der Waals surface area contributed by atoms with Gasteiger partial charge in [0.1, 0.15) is 5.82 Å². The Morgan fingerprint density at radius 1 is 1.23 bits per heavy atom. The lowest BCUT2D eigenvalue weighted by Gasteiger charge is -2.16. The van der Waals surface area contributed by atoms with Gasteiger partial charge >= 0.3 is 0 Å². The molecule has 2 aromatic heterocycles. The van der Waals surface area contributed by atoms with E-state index in [1.165, 1.54) is 25.2 Å². The summed E-state index contributed by atoms with van der Waals surface area (Å²) in [7, 11) is 0. The van der Waals surface area contributed by atoms with E-state index in [0.29, 0.717) is 5.92 Å². The van der Waals surface area contributed by atoms with Gasteiger partial charge < -0.3 is 10.2 Å². The first-order chi connectivity index (χ1) is 10.8. The second-order valence-corrected chi connectivity index (χ2v) is 6.07. The average Bonchev–Trinajstić information content (AvgIpc) is 3.00. The molecule has 0 bridgehead atoms. The Morgan fingerprint density at radius 2 is 2.18 bits per heavy atom. The van der Waals surface area contributed by atoms with Gasteiger partial charge in [-0.25, -0.2) is 4.98 Å². The average molecular weight is 296 g/mol. The molecule has 1 atom stereocenters. The Balaban J connectivity index is 1.40. The van der Waals surface area contributed by atoms with Crippen LogP contribution >= 0.6 is 0 Å². The van der Waals surface area contributed by atoms with Crippen LogP contribution in [-0.2, 0) is 6.42 Å². The third-order valence-electron chi connectivity index (χ3n) is 4.24. The van der Waals surface area contributed by atoms with Gasteiger partial charge in [0, 0.05) is 43.6 Å². The van der Waals surface area contributed by atoms with Gasteiger partial charge in [0.2, 0.25) is 0 Å². The Morgan fingerprint density at radius 3 is 3.00 bits per heavy atom. The van der Waals surface area contributed by atoms with Crippen LogP contribution in [0.25, 0.3) is 0 Å². The van der Waals surface area contributed by atoms with Crippen molar-refractivity contribution in [3.63, 3.8) is 0 Å². The van der Waals surface area contributed by atoms with Crippen LogP contribution in [0.3, 0.4) is 0 Å². The third-order valence-corrected chi connectivity index (χ3v) is 4.24. The van der Waals surface area contributed by atoms with E-state index in [2.05, 4.69) is 38.4 Å².